The van der Waals surface area contributed by atoms with E-state index in [0.29, 0.717) is 5.75 Å². The topological polar surface area (TPSA) is 50.8 Å². The van der Waals surface area contributed by atoms with E-state index in [1.807, 2.05) is 24.3 Å². The molecule has 1 amide bonds. The lowest BCUT2D eigenvalue weighted by molar-refractivity contribution is -0.130. The number of amides is 1. The van der Waals surface area contributed by atoms with Crippen LogP contribution in [0.1, 0.15) is 65.9 Å². The zero-order valence-electron chi connectivity index (χ0n) is 19.2. The monoisotopic (exact) mass is 402 g/mol. The van der Waals surface area contributed by atoms with Crippen LogP contribution in [0.4, 0.5) is 0 Å². The van der Waals surface area contributed by atoms with Gasteiger partial charge in [-0.05, 0) is 65.2 Å². The molecule has 0 bridgehead atoms. The lowest BCUT2D eigenvalue weighted by atomic mass is 9.79. The number of ether oxygens (including phenoxy) is 2. The predicted molar refractivity (Wildman–Crippen MR) is 120 cm³/mol. The van der Waals surface area contributed by atoms with Crippen LogP contribution in [0, 0.1) is 0 Å². The number of methoxy groups -OCH3 is 2. The molecule has 1 heterocycles. The van der Waals surface area contributed by atoms with Gasteiger partial charge in [0.15, 0.2) is 0 Å². The lowest BCUT2D eigenvalue weighted by Crippen LogP contribution is -2.62. The molecule has 1 aliphatic rings. The van der Waals surface area contributed by atoms with E-state index in [1.165, 1.54) is 0 Å². The highest BCUT2D eigenvalue weighted by molar-refractivity contribution is 5.92. The van der Waals surface area contributed by atoms with Crippen LogP contribution in [0.5, 0.6) is 11.5 Å². The van der Waals surface area contributed by atoms with Gasteiger partial charge in [-0.15, -0.1) is 0 Å². The molecular weight excluding hydrogens is 364 g/mol. The second kappa shape index (κ2) is 9.66. The Labute approximate surface area is 176 Å². The molecule has 5 heteroatoms. The van der Waals surface area contributed by atoms with Crippen LogP contribution in [0.15, 0.2) is 24.3 Å². The van der Waals surface area contributed by atoms with Crippen LogP contribution in [-0.4, -0.2) is 48.7 Å². The van der Waals surface area contributed by atoms with Gasteiger partial charge in [0.1, 0.15) is 11.5 Å². The van der Waals surface area contributed by atoms with Crippen molar-refractivity contribution in [2.75, 3.05) is 20.8 Å². The summed E-state index contributed by atoms with van der Waals surface area (Å²) < 4.78 is 10.7. The molecule has 0 aromatic heterocycles. The fourth-order valence-electron chi connectivity index (χ4n) is 4.50. The third kappa shape index (κ3) is 6.49. The summed E-state index contributed by atoms with van der Waals surface area (Å²) >= 11 is 0. The number of rotatable bonds is 8. The Morgan fingerprint density at radius 3 is 2.38 bits per heavy atom. The van der Waals surface area contributed by atoms with Crippen molar-refractivity contribution in [3.8, 4) is 11.5 Å². The van der Waals surface area contributed by atoms with Crippen molar-refractivity contribution in [1.82, 2.24) is 10.2 Å². The Kier molecular flexibility index (Phi) is 7.75. The Morgan fingerprint density at radius 1 is 1.17 bits per heavy atom. The third-order valence-corrected chi connectivity index (χ3v) is 5.49. The first-order valence-electron chi connectivity index (χ1n) is 10.6. The summed E-state index contributed by atoms with van der Waals surface area (Å²) in [4.78, 5) is 15.3. The Hall–Kier alpha value is -2.01. The molecule has 1 saturated heterocycles. The summed E-state index contributed by atoms with van der Waals surface area (Å²) in [7, 11) is 3.25. The van der Waals surface area contributed by atoms with Gasteiger partial charge in [-0.3, -0.25) is 4.79 Å². The summed E-state index contributed by atoms with van der Waals surface area (Å²) in [5.41, 5.74) is 0.864. The summed E-state index contributed by atoms with van der Waals surface area (Å²) in [6.45, 7) is 11.8. The standard InChI is InChI=1S/C24H38N2O3/c1-8-9-14-26(19-16-23(2,3)25-24(4,5)17-19)22(27)13-11-18-10-12-20(28-6)15-21(18)29-7/h10-13,15,19,25H,8-9,14,16-17H2,1-7H3/b13-11+. The molecule has 5 nitrogen and oxygen atoms in total. The highest BCUT2D eigenvalue weighted by Crippen LogP contribution is 2.32. The van der Waals surface area contributed by atoms with E-state index in [9.17, 15) is 4.79 Å². The number of piperidine rings is 1. The molecule has 162 valence electrons. The molecule has 1 aromatic rings. The largest absolute Gasteiger partial charge is 0.497 e. The van der Waals surface area contributed by atoms with E-state index in [-0.39, 0.29) is 23.0 Å². The maximum absolute atomic E-state index is 13.2. The number of nitrogens with one attached hydrogen (secondary N) is 1. The lowest BCUT2D eigenvalue weighted by Gasteiger charge is -2.49. The fourth-order valence-corrected chi connectivity index (χ4v) is 4.50. The molecule has 1 fully saturated rings. The number of nitrogens with zero attached hydrogens (tertiary/aromatic N) is 1. The van der Waals surface area contributed by atoms with Gasteiger partial charge in [-0.1, -0.05) is 13.3 Å². The molecular formula is C24H38N2O3. The second-order valence-electron chi connectivity index (χ2n) is 9.28. The molecule has 1 aromatic carbocycles. The van der Waals surface area contributed by atoms with Gasteiger partial charge in [0.2, 0.25) is 5.91 Å². The second-order valence-corrected chi connectivity index (χ2v) is 9.28. The van der Waals surface area contributed by atoms with E-state index < -0.39 is 0 Å². The number of hydrogen-bond acceptors (Lipinski definition) is 4. The molecule has 0 aliphatic carbocycles. The summed E-state index contributed by atoms with van der Waals surface area (Å²) in [6.07, 6.45) is 7.50. The molecule has 0 saturated carbocycles. The highest BCUT2D eigenvalue weighted by atomic mass is 16.5. The van der Waals surface area contributed by atoms with Gasteiger partial charge in [0, 0.05) is 41.4 Å². The van der Waals surface area contributed by atoms with E-state index in [0.717, 1.165) is 43.5 Å². The molecule has 1 aliphatic heterocycles. The maximum atomic E-state index is 13.2. The van der Waals surface area contributed by atoms with Gasteiger partial charge in [0.25, 0.3) is 0 Å². The number of unbranched alkanes of at least 4 members (excludes halogenated alkanes) is 1. The smallest absolute Gasteiger partial charge is 0.246 e. The number of benzene rings is 1. The van der Waals surface area contributed by atoms with Crippen molar-refractivity contribution in [1.29, 1.82) is 0 Å². The van der Waals surface area contributed by atoms with Crippen LogP contribution < -0.4 is 14.8 Å². The molecule has 2 rings (SSSR count). The summed E-state index contributed by atoms with van der Waals surface area (Å²) in [5, 5.41) is 3.71. The van der Waals surface area contributed by atoms with E-state index in [1.54, 1.807) is 20.3 Å². The first kappa shape index (κ1) is 23.3. The van der Waals surface area contributed by atoms with Crippen LogP contribution in [-0.2, 0) is 4.79 Å². The first-order chi connectivity index (χ1) is 13.6. The average Bonchev–Trinajstić information content (AvgIpc) is 2.64. The van der Waals surface area contributed by atoms with Crippen molar-refractivity contribution in [2.45, 2.75) is 77.4 Å². The molecule has 0 atom stereocenters. The Morgan fingerprint density at radius 2 is 1.83 bits per heavy atom. The molecule has 0 unspecified atom stereocenters. The van der Waals surface area contributed by atoms with Crippen molar-refractivity contribution in [3.05, 3.63) is 29.8 Å². The Bertz CT molecular complexity index is 709. The van der Waals surface area contributed by atoms with Gasteiger partial charge < -0.3 is 19.7 Å². The first-order valence-corrected chi connectivity index (χ1v) is 10.6. The van der Waals surface area contributed by atoms with E-state index >= 15 is 0 Å². The molecule has 1 N–H and O–H groups in total. The number of carbonyl (C=O) groups excluding carboxylic acids is 1. The van der Waals surface area contributed by atoms with E-state index in [4.69, 9.17) is 9.47 Å². The third-order valence-electron chi connectivity index (χ3n) is 5.49. The van der Waals surface area contributed by atoms with Crippen LogP contribution in [0.2, 0.25) is 0 Å². The normalized spacial score (nSPS) is 18.6. The van der Waals surface area contributed by atoms with Gasteiger partial charge in [-0.2, -0.15) is 0 Å². The summed E-state index contributed by atoms with van der Waals surface area (Å²) in [6, 6.07) is 5.84. The van der Waals surface area contributed by atoms with E-state index in [2.05, 4.69) is 44.8 Å². The average molecular weight is 403 g/mol. The maximum Gasteiger partial charge on any atom is 0.246 e. The minimum absolute atomic E-state index is 0.0000787. The van der Waals surface area contributed by atoms with Gasteiger partial charge in [-0.25, -0.2) is 0 Å². The molecule has 0 spiro atoms. The zero-order chi connectivity index (χ0) is 21.7. The number of hydrogen-bond donors (Lipinski definition) is 1. The molecule has 0 radical (unpaired) electrons. The van der Waals surface area contributed by atoms with Crippen LogP contribution in [0.25, 0.3) is 6.08 Å². The van der Waals surface area contributed by atoms with Crippen molar-refractivity contribution >= 4 is 12.0 Å². The quantitative estimate of drug-likeness (QED) is 0.643. The Balaban J connectivity index is 2.24. The van der Waals surface area contributed by atoms with Gasteiger partial charge in [0.05, 0.1) is 14.2 Å². The SMILES string of the molecule is CCCCN(C(=O)/C=C/c1ccc(OC)cc1OC)C1CC(C)(C)NC(C)(C)C1. The minimum atomic E-state index is 0.0000787. The van der Waals surface area contributed by atoms with Crippen molar-refractivity contribution in [2.24, 2.45) is 0 Å². The van der Waals surface area contributed by atoms with Crippen LogP contribution >= 0.6 is 0 Å². The van der Waals surface area contributed by atoms with Crippen LogP contribution in [0.3, 0.4) is 0 Å². The zero-order valence-corrected chi connectivity index (χ0v) is 19.2. The van der Waals surface area contributed by atoms with Crippen molar-refractivity contribution < 1.29 is 14.3 Å². The minimum Gasteiger partial charge on any atom is -0.497 e. The van der Waals surface area contributed by atoms with Crippen molar-refractivity contribution in [3.63, 3.8) is 0 Å². The fraction of sp³-hybridized carbons (Fsp3) is 0.625. The predicted octanol–water partition coefficient (Wildman–Crippen LogP) is 4.65. The summed E-state index contributed by atoms with van der Waals surface area (Å²) in [5.74, 6) is 1.49. The number of carbonyl (C=O) groups is 1. The molecule has 29 heavy (non-hydrogen) atoms. The van der Waals surface area contributed by atoms with Gasteiger partial charge >= 0.3 is 0 Å². The highest BCUT2D eigenvalue weighted by Gasteiger charge is 2.40.